The molecule has 0 spiro atoms. The van der Waals surface area contributed by atoms with E-state index in [2.05, 4.69) is 34.3 Å². The topological polar surface area (TPSA) is 123 Å². The molecule has 2 aliphatic heterocycles. The maximum atomic E-state index is 13.3. The van der Waals surface area contributed by atoms with Crippen LogP contribution in [0.15, 0.2) is 57.3 Å². The third-order valence-corrected chi connectivity index (χ3v) is 6.16. The Kier molecular flexibility index (Phi) is 6.13. The van der Waals surface area contributed by atoms with Crippen LogP contribution in [0.25, 0.3) is 11.4 Å². The summed E-state index contributed by atoms with van der Waals surface area (Å²) in [4.78, 5) is 31.8. The molecule has 11 heteroatoms. The van der Waals surface area contributed by atoms with Crippen molar-refractivity contribution < 1.29 is 23.6 Å². The molecule has 0 radical (unpaired) electrons. The van der Waals surface area contributed by atoms with Gasteiger partial charge in [0.1, 0.15) is 6.54 Å². The lowest BCUT2D eigenvalue weighted by molar-refractivity contribution is -0.123. The molecule has 36 heavy (non-hydrogen) atoms. The largest absolute Gasteiger partial charge is 0.493 e. The molecule has 0 saturated carbocycles. The molecule has 0 aliphatic carbocycles. The molecule has 2 aromatic carbocycles. The van der Waals surface area contributed by atoms with Crippen LogP contribution in [0.1, 0.15) is 38.1 Å². The quantitative estimate of drug-likeness (QED) is 0.438. The molecule has 1 saturated heterocycles. The van der Waals surface area contributed by atoms with Gasteiger partial charge in [0.05, 0.1) is 19.4 Å². The first-order chi connectivity index (χ1) is 17.4. The van der Waals surface area contributed by atoms with Crippen LogP contribution >= 0.6 is 0 Å². The number of benzene rings is 2. The summed E-state index contributed by atoms with van der Waals surface area (Å²) < 4.78 is 16.3. The van der Waals surface area contributed by atoms with Crippen molar-refractivity contribution in [1.29, 1.82) is 0 Å². The summed E-state index contributed by atoms with van der Waals surface area (Å²) in [5.41, 5.74) is 2.31. The van der Waals surface area contributed by atoms with Crippen molar-refractivity contribution in [1.82, 2.24) is 15.1 Å². The number of fused-ring (bicyclic) bond motifs is 1. The van der Waals surface area contributed by atoms with Crippen LogP contribution in [0.5, 0.6) is 11.5 Å². The summed E-state index contributed by atoms with van der Waals surface area (Å²) in [6.07, 6.45) is 0. The number of nitrogens with zero attached hydrogens (tertiary/aromatic N) is 6. The molecule has 0 unspecified atom stereocenters. The summed E-state index contributed by atoms with van der Waals surface area (Å²) >= 11 is 0. The predicted octanol–water partition coefficient (Wildman–Crippen LogP) is 3.76. The van der Waals surface area contributed by atoms with Crippen LogP contribution in [0.3, 0.4) is 0 Å². The highest BCUT2D eigenvalue weighted by atomic mass is 16.5. The second-order valence-corrected chi connectivity index (χ2v) is 8.76. The number of anilines is 1. The van der Waals surface area contributed by atoms with Gasteiger partial charge in [0.2, 0.25) is 11.7 Å². The first-order valence-corrected chi connectivity index (χ1v) is 11.7. The summed E-state index contributed by atoms with van der Waals surface area (Å²) in [5, 5.41) is 13.6. The molecule has 186 valence electrons. The molecule has 3 aromatic rings. The van der Waals surface area contributed by atoms with Gasteiger partial charge in [-0.3, -0.25) is 14.6 Å². The van der Waals surface area contributed by atoms with E-state index >= 15 is 0 Å². The van der Waals surface area contributed by atoms with Crippen LogP contribution in [-0.2, 0) is 16.1 Å². The third-order valence-electron chi connectivity index (χ3n) is 6.16. The second-order valence-electron chi connectivity index (χ2n) is 8.76. The first kappa shape index (κ1) is 23.5. The Labute approximate surface area is 207 Å². The number of ether oxygens (including phenoxy) is 2. The van der Waals surface area contributed by atoms with E-state index in [4.69, 9.17) is 14.0 Å². The average molecular weight is 491 g/mol. The zero-order valence-corrected chi connectivity index (χ0v) is 20.4. The second kappa shape index (κ2) is 9.40. The van der Waals surface area contributed by atoms with E-state index in [-0.39, 0.29) is 18.3 Å². The SMILES string of the molecule is CCOc1ccc(-c2noc(CN3N=N[C@H]4C(=O)N(c5ccc(C(C)C)cc5)C(=O)[C@@H]43)n2)cc1OC. The van der Waals surface area contributed by atoms with Crippen LogP contribution < -0.4 is 14.4 Å². The molecule has 11 nitrogen and oxygen atoms in total. The molecule has 1 aromatic heterocycles. The molecule has 5 rings (SSSR count). The number of rotatable bonds is 8. The summed E-state index contributed by atoms with van der Waals surface area (Å²) in [5.74, 6) is 1.30. The van der Waals surface area contributed by atoms with Gasteiger partial charge in [-0.05, 0) is 48.7 Å². The smallest absolute Gasteiger partial charge is 0.263 e. The van der Waals surface area contributed by atoms with Gasteiger partial charge in [0.25, 0.3) is 11.8 Å². The van der Waals surface area contributed by atoms with Gasteiger partial charge in [-0.2, -0.15) is 10.1 Å². The van der Waals surface area contributed by atoms with E-state index < -0.39 is 18.0 Å². The van der Waals surface area contributed by atoms with Crippen molar-refractivity contribution in [2.45, 2.75) is 45.3 Å². The average Bonchev–Trinajstić information content (AvgIpc) is 3.57. The maximum Gasteiger partial charge on any atom is 0.263 e. The van der Waals surface area contributed by atoms with Gasteiger partial charge in [-0.25, -0.2) is 4.90 Å². The fourth-order valence-electron chi connectivity index (χ4n) is 4.27. The minimum absolute atomic E-state index is 0.0327. The highest BCUT2D eigenvalue weighted by Gasteiger charge is 2.55. The van der Waals surface area contributed by atoms with Gasteiger partial charge < -0.3 is 14.0 Å². The zero-order valence-electron chi connectivity index (χ0n) is 20.4. The normalized spacial score (nSPS) is 18.9. The van der Waals surface area contributed by atoms with Crippen molar-refractivity contribution in [3.05, 3.63) is 53.9 Å². The van der Waals surface area contributed by atoms with E-state index in [1.807, 2.05) is 19.1 Å². The highest BCUT2D eigenvalue weighted by molar-refractivity contribution is 6.25. The van der Waals surface area contributed by atoms with Gasteiger partial charge in [0.15, 0.2) is 23.6 Å². The molecule has 1 fully saturated rings. The van der Waals surface area contributed by atoms with Crippen LogP contribution in [0.4, 0.5) is 5.69 Å². The summed E-state index contributed by atoms with van der Waals surface area (Å²) in [7, 11) is 1.56. The fraction of sp³-hybridized carbons (Fsp3) is 0.360. The number of hydrogen-bond donors (Lipinski definition) is 0. The first-order valence-electron chi connectivity index (χ1n) is 11.7. The number of carbonyl (C=O) groups excluding carboxylic acids is 2. The van der Waals surface area contributed by atoms with Crippen molar-refractivity contribution in [3.63, 3.8) is 0 Å². The zero-order chi connectivity index (χ0) is 25.4. The van der Waals surface area contributed by atoms with E-state index in [1.54, 1.807) is 37.4 Å². The molecule has 3 heterocycles. The van der Waals surface area contributed by atoms with Gasteiger partial charge in [-0.15, -0.1) is 0 Å². The number of hydrogen-bond acceptors (Lipinski definition) is 10. The van der Waals surface area contributed by atoms with Crippen LogP contribution in [0, 0.1) is 0 Å². The van der Waals surface area contributed by atoms with Crippen molar-refractivity contribution in [3.8, 4) is 22.9 Å². The molecule has 2 atom stereocenters. The van der Waals surface area contributed by atoms with Crippen molar-refractivity contribution >= 4 is 17.5 Å². The van der Waals surface area contributed by atoms with Crippen LogP contribution in [0.2, 0.25) is 0 Å². The Morgan fingerprint density at radius 3 is 2.53 bits per heavy atom. The van der Waals surface area contributed by atoms with Gasteiger partial charge >= 0.3 is 0 Å². The lowest BCUT2D eigenvalue weighted by Gasteiger charge is -2.19. The molecular weight excluding hydrogens is 464 g/mol. The van der Waals surface area contributed by atoms with Crippen molar-refractivity contribution in [2.24, 2.45) is 10.3 Å². The summed E-state index contributed by atoms with van der Waals surface area (Å²) in [6.45, 7) is 6.60. The molecule has 0 N–H and O–H groups in total. The monoisotopic (exact) mass is 490 g/mol. The van der Waals surface area contributed by atoms with E-state index in [1.165, 1.54) is 9.91 Å². The minimum atomic E-state index is -0.903. The van der Waals surface area contributed by atoms with E-state index in [0.717, 1.165) is 5.56 Å². The number of methoxy groups -OCH3 is 1. The van der Waals surface area contributed by atoms with Crippen LogP contribution in [-0.4, -0.2) is 52.8 Å². The Hall–Kier alpha value is -4.28. The third kappa shape index (κ3) is 4.06. The molecular formula is C25H26N6O5. The summed E-state index contributed by atoms with van der Waals surface area (Å²) in [6, 6.07) is 11.0. The predicted molar refractivity (Wildman–Crippen MR) is 128 cm³/mol. The molecule has 2 aliphatic rings. The Balaban J connectivity index is 1.32. The fourth-order valence-corrected chi connectivity index (χ4v) is 4.27. The van der Waals surface area contributed by atoms with Gasteiger partial charge in [0, 0.05) is 5.56 Å². The number of amides is 2. The van der Waals surface area contributed by atoms with E-state index in [9.17, 15) is 9.59 Å². The number of carbonyl (C=O) groups is 2. The molecule has 2 amide bonds. The lowest BCUT2D eigenvalue weighted by Crippen LogP contribution is -2.39. The Bertz CT molecular complexity index is 1320. The maximum absolute atomic E-state index is 13.3. The highest BCUT2D eigenvalue weighted by Crippen LogP contribution is 2.34. The molecule has 0 bridgehead atoms. The Morgan fingerprint density at radius 2 is 1.83 bits per heavy atom. The number of aromatic nitrogens is 2. The standard InChI is InChI=1S/C25H26N6O5/c1-5-35-18-11-8-16(12-19(18)34-4)23-26-20(36-28-23)13-30-22-21(27-29-30)24(32)31(25(22)33)17-9-6-15(7-10-17)14(2)3/h6-12,14,21-22H,5,13H2,1-4H3/t21-,22-/m1/s1. The minimum Gasteiger partial charge on any atom is -0.493 e. The Morgan fingerprint density at radius 1 is 1.06 bits per heavy atom. The number of imide groups is 1. The van der Waals surface area contributed by atoms with Gasteiger partial charge in [-0.1, -0.05) is 36.4 Å². The van der Waals surface area contributed by atoms with Crippen molar-refractivity contribution in [2.75, 3.05) is 18.6 Å². The lowest BCUT2D eigenvalue weighted by atomic mass is 10.0. The van der Waals surface area contributed by atoms with E-state index in [0.29, 0.717) is 41.1 Å².